The van der Waals surface area contributed by atoms with Crippen LogP contribution in [0.3, 0.4) is 0 Å². The van der Waals surface area contributed by atoms with Crippen LogP contribution in [0.4, 0.5) is 0 Å². The predicted molar refractivity (Wildman–Crippen MR) is 89.5 cm³/mol. The molecule has 5 heteroatoms. The second-order valence-electron chi connectivity index (χ2n) is 5.18. The van der Waals surface area contributed by atoms with Crippen LogP contribution in [0.1, 0.15) is 31.8 Å². The van der Waals surface area contributed by atoms with Gasteiger partial charge in [0.25, 0.3) is 5.91 Å². The molecule has 0 spiro atoms. The van der Waals surface area contributed by atoms with Crippen molar-refractivity contribution in [2.45, 2.75) is 12.5 Å². The van der Waals surface area contributed by atoms with Gasteiger partial charge in [-0.2, -0.15) is 0 Å². The van der Waals surface area contributed by atoms with E-state index in [1.807, 2.05) is 23.1 Å². The van der Waals surface area contributed by atoms with Crippen LogP contribution in [0.25, 0.3) is 0 Å². The molecule has 1 aliphatic heterocycles. The molecule has 0 unspecified atom stereocenters. The number of pyridine rings is 1. The highest BCUT2D eigenvalue weighted by Crippen LogP contribution is 2.39. The Hall–Kier alpha value is -1.98. The molecule has 0 aromatic carbocycles. The zero-order valence-electron chi connectivity index (χ0n) is 11.8. The van der Waals surface area contributed by atoms with Crippen molar-refractivity contribution < 1.29 is 4.79 Å². The smallest absolute Gasteiger partial charge is 0.273 e. The van der Waals surface area contributed by atoms with Crippen LogP contribution in [-0.4, -0.2) is 22.3 Å². The van der Waals surface area contributed by atoms with E-state index in [-0.39, 0.29) is 11.9 Å². The van der Waals surface area contributed by atoms with Crippen molar-refractivity contribution in [2.75, 3.05) is 6.54 Å². The van der Waals surface area contributed by atoms with Gasteiger partial charge in [-0.3, -0.25) is 9.78 Å². The summed E-state index contributed by atoms with van der Waals surface area (Å²) in [5.41, 5.74) is 1.78. The molecule has 3 nitrogen and oxygen atoms in total. The summed E-state index contributed by atoms with van der Waals surface area (Å²) in [5, 5.41) is 4.19. The normalized spacial score (nSPS) is 17.3. The molecule has 1 aliphatic rings. The average Bonchev–Trinajstić information content (AvgIpc) is 3.25. The van der Waals surface area contributed by atoms with Crippen LogP contribution in [0.2, 0.25) is 0 Å². The Morgan fingerprint density at radius 1 is 1.14 bits per heavy atom. The summed E-state index contributed by atoms with van der Waals surface area (Å²) in [5.74, 6) is 0.0100. The molecule has 0 N–H and O–H groups in total. The van der Waals surface area contributed by atoms with Gasteiger partial charge < -0.3 is 4.90 Å². The van der Waals surface area contributed by atoms with Crippen LogP contribution < -0.4 is 0 Å². The summed E-state index contributed by atoms with van der Waals surface area (Å²) in [6.45, 7) is 0.742. The Morgan fingerprint density at radius 3 is 2.86 bits per heavy atom. The molecule has 110 valence electrons. The van der Waals surface area contributed by atoms with Gasteiger partial charge in [0.05, 0.1) is 6.04 Å². The molecule has 4 heterocycles. The van der Waals surface area contributed by atoms with E-state index in [0.717, 1.165) is 13.0 Å². The molecule has 0 radical (unpaired) electrons. The lowest BCUT2D eigenvalue weighted by Gasteiger charge is -2.35. The number of hydrogen-bond donors (Lipinski definition) is 0. The van der Waals surface area contributed by atoms with Gasteiger partial charge in [0.15, 0.2) is 0 Å². The Kier molecular flexibility index (Phi) is 3.52. The fraction of sp³-hybridized carbons (Fsp3) is 0.176. The third kappa shape index (κ3) is 2.26. The second-order valence-corrected chi connectivity index (χ2v) is 7.16. The van der Waals surface area contributed by atoms with Gasteiger partial charge in [-0.05, 0) is 47.0 Å². The van der Waals surface area contributed by atoms with E-state index in [1.54, 1.807) is 34.9 Å². The monoisotopic (exact) mass is 326 g/mol. The van der Waals surface area contributed by atoms with Crippen molar-refractivity contribution in [3.8, 4) is 0 Å². The van der Waals surface area contributed by atoms with Gasteiger partial charge in [0.2, 0.25) is 0 Å². The van der Waals surface area contributed by atoms with Crippen molar-refractivity contribution in [1.29, 1.82) is 0 Å². The fourth-order valence-electron chi connectivity index (χ4n) is 2.93. The molecule has 0 fully saturated rings. The van der Waals surface area contributed by atoms with Crippen molar-refractivity contribution in [2.24, 2.45) is 0 Å². The maximum absolute atomic E-state index is 12.9. The molecule has 22 heavy (non-hydrogen) atoms. The molecule has 3 aromatic rings. The summed E-state index contributed by atoms with van der Waals surface area (Å²) >= 11 is 3.49. The first kappa shape index (κ1) is 13.7. The molecule has 0 saturated heterocycles. The second kappa shape index (κ2) is 5.66. The quantitative estimate of drug-likeness (QED) is 0.713. The van der Waals surface area contributed by atoms with E-state index >= 15 is 0 Å². The lowest BCUT2D eigenvalue weighted by atomic mass is 9.98. The van der Waals surface area contributed by atoms with Crippen molar-refractivity contribution in [3.05, 3.63) is 74.4 Å². The first-order valence-electron chi connectivity index (χ1n) is 7.16. The third-order valence-electron chi connectivity index (χ3n) is 3.92. The standard InChI is InChI=1S/C17H14N2OS2/c20-17(13-4-1-2-8-18-13)19-9-6-14-12(7-11-22-14)16(19)15-5-3-10-21-15/h1-5,7-8,10-11,16H,6,9H2/t16-/m1/s1. The number of carbonyl (C=O) groups is 1. The molecular formula is C17H14N2OS2. The van der Waals surface area contributed by atoms with E-state index in [0.29, 0.717) is 5.69 Å². The molecule has 0 bridgehead atoms. The Bertz CT molecular complexity index is 780. The largest absolute Gasteiger partial charge is 0.325 e. The van der Waals surface area contributed by atoms with E-state index in [1.165, 1.54) is 15.3 Å². The summed E-state index contributed by atoms with van der Waals surface area (Å²) < 4.78 is 0. The van der Waals surface area contributed by atoms with Crippen LogP contribution in [0, 0.1) is 0 Å². The molecule has 1 atom stereocenters. The highest BCUT2D eigenvalue weighted by Gasteiger charge is 2.34. The van der Waals surface area contributed by atoms with E-state index < -0.39 is 0 Å². The summed E-state index contributed by atoms with van der Waals surface area (Å²) in [6, 6.07) is 11.8. The van der Waals surface area contributed by atoms with Gasteiger partial charge in [0.1, 0.15) is 5.69 Å². The minimum Gasteiger partial charge on any atom is -0.325 e. The fourth-order valence-corrected chi connectivity index (χ4v) is 4.68. The first-order valence-corrected chi connectivity index (χ1v) is 8.92. The van der Waals surface area contributed by atoms with E-state index in [9.17, 15) is 4.79 Å². The lowest BCUT2D eigenvalue weighted by molar-refractivity contribution is 0.0692. The lowest BCUT2D eigenvalue weighted by Crippen LogP contribution is -2.40. The van der Waals surface area contributed by atoms with Gasteiger partial charge in [0, 0.05) is 22.5 Å². The molecule has 3 aromatic heterocycles. The molecule has 0 saturated carbocycles. The van der Waals surface area contributed by atoms with Crippen LogP contribution in [-0.2, 0) is 6.42 Å². The SMILES string of the molecule is O=C(c1ccccn1)N1CCc2sccc2[C@@H]1c1cccs1. The van der Waals surface area contributed by atoms with Gasteiger partial charge in [-0.15, -0.1) is 22.7 Å². The maximum Gasteiger partial charge on any atom is 0.273 e. The highest BCUT2D eigenvalue weighted by molar-refractivity contribution is 7.10. The van der Waals surface area contributed by atoms with Crippen LogP contribution >= 0.6 is 22.7 Å². The predicted octanol–water partition coefficient (Wildman–Crippen LogP) is 3.99. The molecule has 0 aliphatic carbocycles. The molecule has 1 amide bonds. The van der Waals surface area contributed by atoms with Crippen LogP contribution in [0.15, 0.2) is 53.4 Å². The average molecular weight is 326 g/mol. The Labute approximate surface area is 136 Å². The van der Waals surface area contributed by atoms with Gasteiger partial charge in [-0.25, -0.2) is 0 Å². The molecule has 4 rings (SSSR count). The third-order valence-corrected chi connectivity index (χ3v) is 5.84. The van der Waals surface area contributed by atoms with Gasteiger partial charge in [-0.1, -0.05) is 12.1 Å². The maximum atomic E-state index is 12.9. The molecular weight excluding hydrogens is 312 g/mol. The minimum absolute atomic E-state index is 0.0100. The number of carbonyl (C=O) groups excluding carboxylic acids is 1. The van der Waals surface area contributed by atoms with Crippen molar-refractivity contribution in [3.63, 3.8) is 0 Å². The summed E-state index contributed by atoms with van der Waals surface area (Å²) in [4.78, 5) is 21.7. The highest BCUT2D eigenvalue weighted by atomic mass is 32.1. The van der Waals surface area contributed by atoms with Crippen molar-refractivity contribution >= 4 is 28.6 Å². The zero-order valence-corrected chi connectivity index (χ0v) is 13.4. The Morgan fingerprint density at radius 2 is 2.09 bits per heavy atom. The zero-order chi connectivity index (χ0) is 14.9. The first-order chi connectivity index (χ1) is 10.8. The number of thiophene rings is 2. The summed E-state index contributed by atoms with van der Waals surface area (Å²) in [6.07, 6.45) is 2.60. The Balaban J connectivity index is 1.77. The number of aromatic nitrogens is 1. The van der Waals surface area contributed by atoms with Gasteiger partial charge >= 0.3 is 0 Å². The number of hydrogen-bond acceptors (Lipinski definition) is 4. The topological polar surface area (TPSA) is 33.2 Å². The number of nitrogens with zero attached hydrogens (tertiary/aromatic N) is 2. The minimum atomic E-state index is 0.0100. The van der Waals surface area contributed by atoms with Crippen molar-refractivity contribution in [1.82, 2.24) is 9.88 Å². The van der Waals surface area contributed by atoms with Crippen LogP contribution in [0.5, 0.6) is 0 Å². The summed E-state index contributed by atoms with van der Waals surface area (Å²) in [7, 11) is 0. The van der Waals surface area contributed by atoms with E-state index in [2.05, 4.69) is 27.9 Å². The van der Waals surface area contributed by atoms with E-state index in [4.69, 9.17) is 0 Å². The number of rotatable bonds is 2. The number of fused-ring (bicyclic) bond motifs is 1. The number of amides is 1.